The number of sulfonamides is 1. The summed E-state index contributed by atoms with van der Waals surface area (Å²) in [6.45, 7) is 8.93. The third-order valence-electron chi connectivity index (χ3n) is 6.85. The molecule has 0 aliphatic carbocycles. The highest BCUT2D eigenvalue weighted by atomic mass is 35.5. The van der Waals surface area contributed by atoms with Crippen LogP contribution in [0.1, 0.15) is 49.7 Å². The molecule has 9 nitrogen and oxygen atoms in total. The molecule has 0 radical (unpaired) electrons. The van der Waals surface area contributed by atoms with Crippen molar-refractivity contribution in [3.63, 3.8) is 0 Å². The number of nitrogens with zero attached hydrogens (tertiary/aromatic N) is 2. The smallest absolute Gasteiger partial charge is 0.270 e. The van der Waals surface area contributed by atoms with Gasteiger partial charge in [-0.15, -0.1) is 12.4 Å². The van der Waals surface area contributed by atoms with Gasteiger partial charge >= 0.3 is 0 Å². The molecule has 1 aromatic heterocycles. The van der Waals surface area contributed by atoms with Gasteiger partial charge in [-0.25, -0.2) is 13.4 Å². The fourth-order valence-corrected chi connectivity index (χ4v) is 5.16. The molecule has 0 unspecified atom stereocenters. The van der Waals surface area contributed by atoms with Crippen molar-refractivity contribution in [2.75, 3.05) is 33.5 Å². The number of hydrogen-bond acceptors (Lipinski definition) is 7. The molecule has 0 spiro atoms. The first-order valence-electron chi connectivity index (χ1n) is 14.0. The number of halogens is 2. The van der Waals surface area contributed by atoms with Crippen LogP contribution >= 0.6 is 24.0 Å². The molecule has 0 fully saturated rings. The van der Waals surface area contributed by atoms with Gasteiger partial charge in [0.25, 0.3) is 5.91 Å². The molecule has 3 aromatic rings. The standard InChI is InChI=1S/C32H41ClN4O5S.ClH/c1-21-11-8-9-12-24(21)23-17-25(22-13-14-26(33)27(18-22)42-16-10-15-37(5)6)30(34-20-23)31(39)35-28(32(2,3)4)19-29(38)36-43(7,40)41;/h8-9,11-14,17-18,20,28H,10,15-16,19H2,1-7H3,(H,35,39)(H,36,38);1H/t28-;/m0./s1. The van der Waals surface area contributed by atoms with E-state index in [4.69, 9.17) is 16.3 Å². The number of carbonyl (C=O) groups is 2. The lowest BCUT2D eigenvalue weighted by Gasteiger charge is -2.31. The Labute approximate surface area is 272 Å². The van der Waals surface area contributed by atoms with E-state index in [0.717, 1.165) is 35.9 Å². The zero-order valence-corrected chi connectivity index (χ0v) is 28.6. The second kappa shape index (κ2) is 15.7. The van der Waals surface area contributed by atoms with E-state index < -0.39 is 33.3 Å². The molecular weight excluding hydrogens is 623 g/mol. The molecule has 1 heterocycles. The third-order valence-corrected chi connectivity index (χ3v) is 7.76. The third kappa shape index (κ3) is 10.8. The van der Waals surface area contributed by atoms with E-state index in [1.807, 2.05) is 82.9 Å². The Kier molecular flexibility index (Phi) is 13.2. The topological polar surface area (TPSA) is 118 Å². The molecule has 0 bridgehead atoms. The van der Waals surface area contributed by atoms with Crippen molar-refractivity contribution in [2.45, 2.75) is 46.6 Å². The number of benzene rings is 2. The monoisotopic (exact) mass is 664 g/mol. The summed E-state index contributed by atoms with van der Waals surface area (Å²) in [6.07, 6.45) is 3.14. The van der Waals surface area contributed by atoms with Crippen LogP contribution in [0.25, 0.3) is 22.3 Å². The quantitative estimate of drug-likeness (QED) is 0.237. The maximum Gasteiger partial charge on any atom is 0.270 e. The molecule has 2 N–H and O–H groups in total. The Bertz CT molecular complexity index is 1570. The van der Waals surface area contributed by atoms with Crippen LogP contribution in [0.4, 0.5) is 0 Å². The van der Waals surface area contributed by atoms with Gasteiger partial charge in [-0.05, 0) is 67.7 Å². The Balaban J connectivity index is 0.00000675. The Morgan fingerprint density at radius 3 is 2.34 bits per heavy atom. The zero-order valence-electron chi connectivity index (χ0n) is 26.2. The second-order valence-corrected chi connectivity index (χ2v) is 14.1. The number of amides is 2. The van der Waals surface area contributed by atoms with Gasteiger partial charge in [-0.1, -0.05) is 62.7 Å². The largest absolute Gasteiger partial charge is 0.492 e. The number of carbonyl (C=O) groups excluding carboxylic acids is 2. The molecule has 0 aliphatic rings. The molecular formula is C32H42Cl2N4O5S. The van der Waals surface area contributed by atoms with Crippen molar-refractivity contribution in [3.8, 4) is 28.0 Å². The fourth-order valence-electron chi connectivity index (χ4n) is 4.49. The van der Waals surface area contributed by atoms with Gasteiger partial charge in [0, 0.05) is 36.3 Å². The van der Waals surface area contributed by atoms with Gasteiger partial charge in [0.15, 0.2) is 0 Å². The normalized spacial score (nSPS) is 12.3. The first kappa shape index (κ1) is 37.0. The van der Waals surface area contributed by atoms with Crippen LogP contribution in [0.5, 0.6) is 5.75 Å². The van der Waals surface area contributed by atoms with Gasteiger partial charge in [0.2, 0.25) is 15.9 Å². The number of aryl methyl sites for hydroxylation is 1. The number of ether oxygens (including phenoxy) is 1. The van der Waals surface area contributed by atoms with Gasteiger partial charge in [-0.2, -0.15) is 0 Å². The van der Waals surface area contributed by atoms with Crippen molar-refractivity contribution in [1.82, 2.24) is 19.9 Å². The average Bonchev–Trinajstić information content (AvgIpc) is 2.90. The summed E-state index contributed by atoms with van der Waals surface area (Å²) < 4.78 is 31.2. The molecule has 2 amide bonds. The van der Waals surface area contributed by atoms with Crippen LogP contribution in [-0.2, 0) is 14.8 Å². The van der Waals surface area contributed by atoms with Crippen molar-refractivity contribution < 1.29 is 22.7 Å². The highest BCUT2D eigenvalue weighted by Gasteiger charge is 2.31. The summed E-state index contributed by atoms with van der Waals surface area (Å²) in [5, 5.41) is 3.38. The number of nitrogens with one attached hydrogen (secondary N) is 2. The summed E-state index contributed by atoms with van der Waals surface area (Å²) in [7, 11) is 0.251. The Hall–Kier alpha value is -3.18. The van der Waals surface area contributed by atoms with E-state index in [1.54, 1.807) is 18.3 Å². The van der Waals surface area contributed by atoms with E-state index in [1.165, 1.54) is 0 Å². The van der Waals surface area contributed by atoms with Crippen molar-refractivity contribution in [1.29, 1.82) is 0 Å². The number of rotatable bonds is 12. The summed E-state index contributed by atoms with van der Waals surface area (Å²) in [5.74, 6) is -0.711. The summed E-state index contributed by atoms with van der Waals surface area (Å²) >= 11 is 6.48. The minimum atomic E-state index is -3.74. The Morgan fingerprint density at radius 1 is 1.05 bits per heavy atom. The fraction of sp³-hybridized carbons (Fsp3) is 0.406. The number of pyridine rings is 1. The summed E-state index contributed by atoms with van der Waals surface area (Å²) in [6, 6.07) is 14.5. The maximum absolute atomic E-state index is 13.8. The van der Waals surface area contributed by atoms with Crippen molar-refractivity contribution in [2.24, 2.45) is 5.41 Å². The molecule has 0 aliphatic heterocycles. The van der Waals surface area contributed by atoms with Gasteiger partial charge in [0.05, 0.1) is 17.9 Å². The van der Waals surface area contributed by atoms with E-state index >= 15 is 0 Å². The van der Waals surface area contributed by atoms with E-state index in [2.05, 4.69) is 15.2 Å². The lowest BCUT2D eigenvalue weighted by Crippen LogP contribution is -2.47. The SMILES string of the molecule is Cc1ccccc1-c1cnc(C(=O)N[C@@H](CC(=O)NS(C)(=O)=O)C(C)(C)C)c(-c2ccc(Cl)c(OCCCN(C)C)c2)c1.Cl. The molecule has 3 rings (SSSR count). The van der Waals surface area contributed by atoms with E-state index in [9.17, 15) is 18.0 Å². The first-order valence-corrected chi connectivity index (χ1v) is 16.3. The second-order valence-electron chi connectivity index (χ2n) is 12.0. The lowest BCUT2D eigenvalue weighted by atomic mass is 9.84. The summed E-state index contributed by atoms with van der Waals surface area (Å²) in [5.41, 5.74) is 3.67. The first-order chi connectivity index (χ1) is 20.0. The van der Waals surface area contributed by atoms with Crippen LogP contribution in [0.2, 0.25) is 5.02 Å². The molecule has 44 heavy (non-hydrogen) atoms. The predicted octanol–water partition coefficient (Wildman–Crippen LogP) is 5.74. The van der Waals surface area contributed by atoms with Crippen LogP contribution in [0, 0.1) is 12.3 Å². The average molecular weight is 666 g/mol. The molecule has 12 heteroatoms. The highest BCUT2D eigenvalue weighted by molar-refractivity contribution is 7.89. The van der Waals surface area contributed by atoms with Gasteiger partial charge < -0.3 is 15.0 Å². The van der Waals surface area contributed by atoms with Gasteiger partial charge in [0.1, 0.15) is 11.4 Å². The van der Waals surface area contributed by atoms with Crippen molar-refractivity contribution in [3.05, 3.63) is 71.0 Å². The van der Waals surface area contributed by atoms with Crippen molar-refractivity contribution >= 4 is 45.8 Å². The summed E-state index contributed by atoms with van der Waals surface area (Å²) in [4.78, 5) is 33.0. The molecule has 0 saturated heterocycles. The number of aromatic nitrogens is 1. The molecule has 0 saturated carbocycles. The zero-order chi connectivity index (χ0) is 31.9. The minimum absolute atomic E-state index is 0. The maximum atomic E-state index is 13.8. The van der Waals surface area contributed by atoms with E-state index in [0.29, 0.717) is 28.5 Å². The van der Waals surface area contributed by atoms with Gasteiger partial charge in [-0.3, -0.25) is 14.3 Å². The minimum Gasteiger partial charge on any atom is -0.492 e. The van der Waals surface area contributed by atoms with Crippen LogP contribution in [0.15, 0.2) is 54.7 Å². The molecule has 2 aromatic carbocycles. The Morgan fingerprint density at radius 2 is 1.73 bits per heavy atom. The number of hydrogen-bond donors (Lipinski definition) is 2. The van der Waals surface area contributed by atoms with E-state index in [-0.39, 0.29) is 24.5 Å². The van der Waals surface area contributed by atoms with Crippen LogP contribution < -0.4 is 14.8 Å². The predicted molar refractivity (Wildman–Crippen MR) is 179 cm³/mol. The van der Waals surface area contributed by atoms with Crippen LogP contribution in [0.3, 0.4) is 0 Å². The highest BCUT2D eigenvalue weighted by Crippen LogP contribution is 2.35. The molecule has 240 valence electrons. The van der Waals surface area contributed by atoms with Crippen LogP contribution in [-0.4, -0.2) is 69.7 Å². The molecule has 1 atom stereocenters. The lowest BCUT2D eigenvalue weighted by molar-refractivity contribution is -0.120.